The highest BCUT2D eigenvalue weighted by Gasteiger charge is 2.03. The highest BCUT2D eigenvalue weighted by Crippen LogP contribution is 2.15. The number of hydrazone groups is 1. The molecule has 0 fully saturated rings. The Balaban J connectivity index is 1.82. The minimum atomic E-state index is -1.24. The summed E-state index contributed by atoms with van der Waals surface area (Å²) in [5, 5.41) is 14.4. The minimum Gasteiger partial charge on any atom is -0.545 e. The number of para-hydroxylation sites is 1. The third kappa shape index (κ3) is 4.96. The summed E-state index contributed by atoms with van der Waals surface area (Å²) in [5.74, 6) is -0.990. The van der Waals surface area contributed by atoms with Gasteiger partial charge in [-0.2, -0.15) is 5.10 Å². The lowest BCUT2D eigenvalue weighted by Crippen LogP contribution is -2.24. The van der Waals surface area contributed by atoms with Crippen LogP contribution in [-0.2, 0) is 4.79 Å². The van der Waals surface area contributed by atoms with E-state index in [1.54, 1.807) is 18.2 Å². The van der Waals surface area contributed by atoms with Crippen molar-refractivity contribution in [1.82, 2.24) is 5.43 Å². The van der Waals surface area contributed by atoms with E-state index in [1.807, 2.05) is 25.1 Å². The summed E-state index contributed by atoms with van der Waals surface area (Å²) in [7, 11) is 0. The van der Waals surface area contributed by atoms with E-state index < -0.39 is 11.9 Å². The number of carbonyl (C=O) groups is 2. The number of amides is 1. The number of carbonyl (C=O) groups excluding carboxylic acids is 2. The van der Waals surface area contributed by atoms with Gasteiger partial charge in [0.15, 0.2) is 6.61 Å². The summed E-state index contributed by atoms with van der Waals surface area (Å²) in [6.45, 7) is 1.74. The molecule has 0 aromatic heterocycles. The first-order valence-electron chi connectivity index (χ1n) is 6.88. The summed E-state index contributed by atoms with van der Waals surface area (Å²) in [6.07, 6.45) is 1.41. The van der Waals surface area contributed by atoms with Crippen LogP contribution < -0.4 is 15.3 Å². The van der Waals surface area contributed by atoms with Gasteiger partial charge in [0.25, 0.3) is 5.91 Å². The SMILES string of the molecule is Cc1ccccc1OCC(=O)N/N=C\c1ccc(C(=O)[O-])cc1. The molecule has 0 aliphatic heterocycles. The number of carboxylic acid groups (broad SMARTS) is 1. The van der Waals surface area contributed by atoms with E-state index in [1.165, 1.54) is 18.3 Å². The number of carboxylic acids is 1. The van der Waals surface area contributed by atoms with Gasteiger partial charge in [0.1, 0.15) is 5.75 Å². The van der Waals surface area contributed by atoms with E-state index >= 15 is 0 Å². The number of ether oxygens (including phenoxy) is 1. The van der Waals surface area contributed by atoms with Crippen molar-refractivity contribution in [3.05, 3.63) is 65.2 Å². The summed E-state index contributed by atoms with van der Waals surface area (Å²) in [6, 6.07) is 13.3. The first-order chi connectivity index (χ1) is 11.1. The van der Waals surface area contributed by atoms with Gasteiger partial charge in [-0.05, 0) is 29.7 Å². The lowest BCUT2D eigenvalue weighted by molar-refractivity contribution is -0.255. The number of aromatic carboxylic acids is 1. The molecule has 1 amide bonds. The third-order valence-corrected chi connectivity index (χ3v) is 3.00. The van der Waals surface area contributed by atoms with Crippen LogP contribution in [0.3, 0.4) is 0 Å². The molecule has 23 heavy (non-hydrogen) atoms. The fraction of sp³-hybridized carbons (Fsp3) is 0.118. The lowest BCUT2D eigenvalue weighted by atomic mass is 10.1. The highest BCUT2D eigenvalue weighted by molar-refractivity contribution is 5.88. The standard InChI is InChI=1S/C17H16N2O4/c1-12-4-2-3-5-15(12)23-11-16(20)19-18-10-13-6-8-14(9-7-13)17(21)22/h2-10H,11H2,1H3,(H,19,20)(H,21,22)/p-1/b18-10-. The zero-order valence-electron chi connectivity index (χ0n) is 12.5. The van der Waals surface area contributed by atoms with Gasteiger partial charge in [-0.15, -0.1) is 0 Å². The number of nitrogens with one attached hydrogen (secondary N) is 1. The van der Waals surface area contributed by atoms with Crippen molar-refractivity contribution in [1.29, 1.82) is 0 Å². The normalized spacial score (nSPS) is 10.5. The third-order valence-electron chi connectivity index (χ3n) is 3.00. The Bertz CT molecular complexity index is 724. The van der Waals surface area contributed by atoms with E-state index in [0.717, 1.165) is 5.56 Å². The van der Waals surface area contributed by atoms with Crippen molar-refractivity contribution in [2.24, 2.45) is 5.10 Å². The average molecular weight is 311 g/mol. The number of aryl methyl sites for hydroxylation is 1. The molecule has 2 aromatic rings. The fourth-order valence-corrected chi connectivity index (χ4v) is 1.78. The van der Waals surface area contributed by atoms with Gasteiger partial charge in [0.05, 0.1) is 12.2 Å². The Morgan fingerprint density at radius 1 is 1.17 bits per heavy atom. The number of benzene rings is 2. The predicted molar refractivity (Wildman–Crippen MR) is 83.2 cm³/mol. The van der Waals surface area contributed by atoms with Crippen LogP contribution in [0.1, 0.15) is 21.5 Å². The van der Waals surface area contributed by atoms with E-state index in [9.17, 15) is 14.7 Å². The smallest absolute Gasteiger partial charge is 0.277 e. The molecule has 0 saturated carbocycles. The molecule has 0 atom stereocenters. The van der Waals surface area contributed by atoms with Crippen LogP contribution in [0.4, 0.5) is 0 Å². The minimum absolute atomic E-state index is 0.0813. The highest BCUT2D eigenvalue weighted by atomic mass is 16.5. The van der Waals surface area contributed by atoms with Crippen LogP contribution >= 0.6 is 0 Å². The maximum Gasteiger partial charge on any atom is 0.277 e. The molecule has 2 aromatic carbocycles. The van der Waals surface area contributed by atoms with Gasteiger partial charge < -0.3 is 14.6 Å². The summed E-state index contributed by atoms with van der Waals surface area (Å²) in [4.78, 5) is 22.2. The fourth-order valence-electron chi connectivity index (χ4n) is 1.78. The monoisotopic (exact) mass is 311 g/mol. The Labute approximate surface area is 133 Å². The summed E-state index contributed by atoms with van der Waals surface area (Å²) >= 11 is 0. The van der Waals surface area contributed by atoms with Crippen LogP contribution in [-0.4, -0.2) is 24.7 Å². The maximum absolute atomic E-state index is 11.6. The second kappa shape index (κ2) is 7.74. The summed E-state index contributed by atoms with van der Waals surface area (Å²) in [5.41, 5.74) is 4.01. The number of rotatable bonds is 6. The predicted octanol–water partition coefficient (Wildman–Crippen LogP) is 0.888. The van der Waals surface area contributed by atoms with Crippen molar-refractivity contribution in [3.63, 3.8) is 0 Å². The van der Waals surface area contributed by atoms with Crippen LogP contribution in [0, 0.1) is 6.92 Å². The number of hydrogen-bond donors (Lipinski definition) is 1. The zero-order chi connectivity index (χ0) is 16.7. The van der Waals surface area contributed by atoms with E-state index in [-0.39, 0.29) is 12.2 Å². The second-order valence-corrected chi connectivity index (χ2v) is 4.76. The van der Waals surface area contributed by atoms with E-state index in [2.05, 4.69) is 10.5 Å². The Morgan fingerprint density at radius 3 is 2.52 bits per heavy atom. The Hall–Kier alpha value is -3.15. The molecule has 0 aliphatic rings. The molecule has 0 bridgehead atoms. The molecule has 6 heteroatoms. The Morgan fingerprint density at radius 2 is 1.87 bits per heavy atom. The maximum atomic E-state index is 11.6. The molecule has 0 radical (unpaired) electrons. The molecule has 6 nitrogen and oxygen atoms in total. The van der Waals surface area contributed by atoms with Crippen molar-refractivity contribution in [2.45, 2.75) is 6.92 Å². The molecule has 0 spiro atoms. The second-order valence-electron chi connectivity index (χ2n) is 4.76. The quantitative estimate of drug-likeness (QED) is 0.633. The number of nitrogens with zero attached hydrogens (tertiary/aromatic N) is 1. The molecular weight excluding hydrogens is 296 g/mol. The Kier molecular flexibility index (Phi) is 5.46. The first kappa shape index (κ1) is 16.2. The van der Waals surface area contributed by atoms with Crippen LogP contribution in [0.2, 0.25) is 0 Å². The van der Waals surface area contributed by atoms with Gasteiger partial charge in [0, 0.05) is 0 Å². The van der Waals surface area contributed by atoms with Gasteiger partial charge in [-0.3, -0.25) is 4.79 Å². The van der Waals surface area contributed by atoms with Gasteiger partial charge in [-0.25, -0.2) is 5.43 Å². The van der Waals surface area contributed by atoms with Crippen molar-refractivity contribution in [2.75, 3.05) is 6.61 Å². The molecule has 2 rings (SSSR count). The van der Waals surface area contributed by atoms with Crippen molar-refractivity contribution >= 4 is 18.1 Å². The lowest BCUT2D eigenvalue weighted by Gasteiger charge is -2.07. The van der Waals surface area contributed by atoms with Crippen LogP contribution in [0.5, 0.6) is 5.75 Å². The zero-order valence-corrected chi connectivity index (χ0v) is 12.5. The largest absolute Gasteiger partial charge is 0.545 e. The van der Waals surface area contributed by atoms with Crippen LogP contribution in [0.25, 0.3) is 0 Å². The van der Waals surface area contributed by atoms with Gasteiger partial charge in [0.2, 0.25) is 0 Å². The molecule has 118 valence electrons. The molecule has 0 aliphatic carbocycles. The van der Waals surface area contributed by atoms with Gasteiger partial charge >= 0.3 is 0 Å². The van der Waals surface area contributed by atoms with Gasteiger partial charge in [-0.1, -0.05) is 42.5 Å². The van der Waals surface area contributed by atoms with Crippen molar-refractivity contribution in [3.8, 4) is 5.75 Å². The van der Waals surface area contributed by atoms with Crippen LogP contribution in [0.15, 0.2) is 53.6 Å². The van der Waals surface area contributed by atoms with Crippen molar-refractivity contribution < 1.29 is 19.4 Å². The average Bonchev–Trinajstić information content (AvgIpc) is 2.54. The molecule has 0 unspecified atom stereocenters. The topological polar surface area (TPSA) is 90.8 Å². The first-order valence-corrected chi connectivity index (χ1v) is 6.88. The van der Waals surface area contributed by atoms with E-state index in [4.69, 9.17) is 4.74 Å². The molecular formula is C17H15N2O4-. The molecule has 0 heterocycles. The number of hydrogen-bond acceptors (Lipinski definition) is 5. The van der Waals surface area contributed by atoms with E-state index in [0.29, 0.717) is 11.3 Å². The molecule has 0 saturated heterocycles. The summed E-state index contributed by atoms with van der Waals surface area (Å²) < 4.78 is 5.39. The molecule has 1 N–H and O–H groups in total.